The molecule has 266 valence electrons. The molecule has 51 heavy (non-hydrogen) atoms. The van der Waals surface area contributed by atoms with Gasteiger partial charge in [0.05, 0.1) is 17.4 Å². The molecule has 0 aliphatic carbocycles. The first-order valence-electron chi connectivity index (χ1n) is 17.7. The molecule has 2 aromatic carbocycles. The number of anilines is 2. The number of carbonyl (C=O) groups excluding carboxylic acids is 1. The number of carbonyl (C=O) groups is 1. The van der Waals surface area contributed by atoms with E-state index in [-0.39, 0.29) is 11.5 Å². The lowest BCUT2D eigenvalue weighted by Crippen LogP contribution is -2.39. The predicted octanol–water partition coefficient (Wildman–Crippen LogP) is 8.69. The predicted molar refractivity (Wildman–Crippen MR) is 201 cm³/mol. The summed E-state index contributed by atoms with van der Waals surface area (Å²) in [5.74, 6) is 0.230. The van der Waals surface area contributed by atoms with Gasteiger partial charge in [-0.2, -0.15) is 5.26 Å². The van der Waals surface area contributed by atoms with Gasteiger partial charge in [-0.15, -0.1) is 0 Å². The van der Waals surface area contributed by atoms with E-state index in [9.17, 15) is 10.1 Å². The van der Waals surface area contributed by atoms with E-state index in [0.717, 1.165) is 59.2 Å². The minimum Gasteiger partial charge on any atom is -0.461 e. The van der Waals surface area contributed by atoms with Gasteiger partial charge >= 0.3 is 5.97 Å². The fourth-order valence-electron chi connectivity index (χ4n) is 6.82. The molecule has 5 aromatic rings. The number of esters is 1. The van der Waals surface area contributed by atoms with Crippen molar-refractivity contribution in [3.05, 3.63) is 77.4 Å². The number of hydrogen-bond acceptors (Lipinski definition) is 10. The van der Waals surface area contributed by atoms with Crippen molar-refractivity contribution in [1.29, 1.82) is 5.26 Å². The zero-order valence-electron chi connectivity index (χ0n) is 31.2. The van der Waals surface area contributed by atoms with E-state index >= 15 is 0 Å². The van der Waals surface area contributed by atoms with E-state index in [4.69, 9.17) is 18.9 Å². The molecule has 3 aromatic heterocycles. The van der Waals surface area contributed by atoms with E-state index in [1.54, 1.807) is 6.33 Å². The van der Waals surface area contributed by atoms with E-state index in [0.29, 0.717) is 40.5 Å². The summed E-state index contributed by atoms with van der Waals surface area (Å²) in [5.41, 5.74) is 6.62. The number of ether oxygens (including phenoxy) is 2. The average molecular weight is 689 g/mol. The van der Waals surface area contributed by atoms with Crippen LogP contribution in [0.1, 0.15) is 89.9 Å². The van der Waals surface area contributed by atoms with Gasteiger partial charge in [-0.1, -0.05) is 50.2 Å². The topological polar surface area (TPSA) is 118 Å². The normalized spacial score (nSPS) is 15.3. The number of aryl methyl sites for hydroxylation is 1. The Balaban J connectivity index is 1.43. The first kappa shape index (κ1) is 35.8. The van der Waals surface area contributed by atoms with Crippen LogP contribution in [-0.2, 0) is 20.8 Å². The Labute approximate surface area is 300 Å². The maximum Gasteiger partial charge on any atom is 0.340 e. The molecule has 0 spiro atoms. The second-order valence-electron chi connectivity index (χ2n) is 15.6. The van der Waals surface area contributed by atoms with E-state index in [2.05, 4.69) is 46.9 Å². The van der Waals surface area contributed by atoms with Gasteiger partial charge in [-0.25, -0.2) is 19.7 Å². The maximum atomic E-state index is 13.8. The molecular formula is C41H48N6O4. The molecule has 1 aliphatic heterocycles. The van der Waals surface area contributed by atoms with Crippen molar-refractivity contribution in [3.8, 4) is 17.2 Å². The van der Waals surface area contributed by atoms with Crippen molar-refractivity contribution < 1.29 is 18.7 Å². The Hall–Kier alpha value is -5.01. The molecule has 1 aliphatic rings. The molecule has 1 atom stereocenters. The Bertz CT molecular complexity index is 2100. The number of rotatable bonds is 9. The van der Waals surface area contributed by atoms with Gasteiger partial charge < -0.3 is 23.7 Å². The zero-order valence-corrected chi connectivity index (χ0v) is 31.2. The third kappa shape index (κ3) is 7.54. The third-order valence-corrected chi connectivity index (χ3v) is 9.40. The fourth-order valence-corrected chi connectivity index (χ4v) is 6.82. The van der Waals surface area contributed by atoms with Gasteiger partial charge in [0.2, 0.25) is 0 Å². The van der Waals surface area contributed by atoms with Crippen LogP contribution in [0.3, 0.4) is 0 Å². The monoisotopic (exact) mass is 688 g/mol. The van der Waals surface area contributed by atoms with Gasteiger partial charge in [0.15, 0.2) is 23.2 Å². The molecular weight excluding hydrogens is 640 g/mol. The number of para-hydroxylation sites is 1. The standard InChI is InChI=1S/C41H48N6O4/c1-25(2)49-39(48)36(51-40(4,5)6)32-26(3)45-30(22-42)33(35(32)47-20-18-41(7,8)19-21-47)28-16-14-27(15-17-28)23-46(9)38-37-34(43-24-44-38)29-12-10-11-13-31(29)50-37/h10-17,24-25,36H,18-21,23H2,1-9H3. The van der Waals surface area contributed by atoms with Crippen LogP contribution in [0.15, 0.2) is 59.3 Å². The van der Waals surface area contributed by atoms with Crippen molar-refractivity contribution >= 4 is 39.5 Å². The number of nitrogens with zero attached hydrogens (tertiary/aromatic N) is 6. The van der Waals surface area contributed by atoms with E-state index in [1.165, 1.54) is 0 Å². The summed E-state index contributed by atoms with van der Waals surface area (Å²) in [5, 5.41) is 11.5. The molecule has 1 unspecified atom stereocenters. The number of aromatic nitrogens is 3. The lowest BCUT2D eigenvalue weighted by atomic mass is 9.81. The van der Waals surface area contributed by atoms with Crippen molar-refractivity contribution in [1.82, 2.24) is 15.0 Å². The smallest absolute Gasteiger partial charge is 0.340 e. The minimum absolute atomic E-state index is 0.181. The Kier molecular flexibility index (Phi) is 9.80. The molecule has 0 bridgehead atoms. The summed E-state index contributed by atoms with van der Waals surface area (Å²) < 4.78 is 18.5. The van der Waals surface area contributed by atoms with Crippen LogP contribution < -0.4 is 9.80 Å². The highest BCUT2D eigenvalue weighted by Crippen LogP contribution is 2.45. The molecule has 0 radical (unpaired) electrons. The molecule has 0 saturated carbocycles. The van der Waals surface area contributed by atoms with Crippen LogP contribution >= 0.6 is 0 Å². The third-order valence-electron chi connectivity index (χ3n) is 9.40. The SMILES string of the molecule is Cc1nc(C#N)c(-c2ccc(CN(C)c3ncnc4c3oc3ccccc34)cc2)c(N2CCC(C)(C)CC2)c1C(OC(C)(C)C)C(=O)OC(C)C. The largest absolute Gasteiger partial charge is 0.461 e. The summed E-state index contributed by atoms with van der Waals surface area (Å²) in [6.07, 6.45) is 2.13. The summed E-state index contributed by atoms with van der Waals surface area (Å²) in [6.45, 7) is 17.9. The first-order chi connectivity index (χ1) is 24.2. The van der Waals surface area contributed by atoms with Gasteiger partial charge in [0.25, 0.3) is 0 Å². The maximum absolute atomic E-state index is 13.8. The first-order valence-corrected chi connectivity index (χ1v) is 17.7. The summed E-state index contributed by atoms with van der Waals surface area (Å²) >= 11 is 0. The van der Waals surface area contributed by atoms with Gasteiger partial charge in [-0.3, -0.25) is 0 Å². The van der Waals surface area contributed by atoms with Gasteiger partial charge in [0.1, 0.15) is 23.5 Å². The van der Waals surface area contributed by atoms with Gasteiger partial charge in [0, 0.05) is 48.9 Å². The van der Waals surface area contributed by atoms with E-state index < -0.39 is 17.7 Å². The number of nitriles is 1. The lowest BCUT2D eigenvalue weighted by Gasteiger charge is -2.41. The summed E-state index contributed by atoms with van der Waals surface area (Å²) in [4.78, 5) is 32.1. The average Bonchev–Trinajstić information content (AvgIpc) is 3.45. The van der Waals surface area contributed by atoms with Crippen LogP contribution in [0.5, 0.6) is 0 Å². The molecule has 0 amide bonds. The number of benzene rings is 2. The molecule has 1 fully saturated rings. The Morgan fingerprint density at radius 1 is 1.08 bits per heavy atom. The number of fused-ring (bicyclic) bond motifs is 3. The highest BCUT2D eigenvalue weighted by Gasteiger charge is 2.38. The van der Waals surface area contributed by atoms with Crippen molar-refractivity contribution in [2.24, 2.45) is 5.41 Å². The number of furan rings is 1. The Morgan fingerprint density at radius 3 is 2.41 bits per heavy atom. The highest BCUT2D eigenvalue weighted by molar-refractivity contribution is 6.05. The molecule has 1 saturated heterocycles. The minimum atomic E-state index is -1.03. The van der Waals surface area contributed by atoms with Crippen molar-refractivity contribution in [2.45, 2.75) is 92.6 Å². The van der Waals surface area contributed by atoms with Crippen molar-refractivity contribution in [3.63, 3.8) is 0 Å². The molecule has 10 heteroatoms. The quantitative estimate of drug-likeness (QED) is 0.139. The Morgan fingerprint density at radius 2 is 1.76 bits per heavy atom. The second kappa shape index (κ2) is 14.0. The molecule has 0 N–H and O–H groups in total. The number of pyridine rings is 1. The molecule has 4 heterocycles. The zero-order chi connectivity index (χ0) is 36.7. The van der Waals surface area contributed by atoms with Crippen molar-refractivity contribution in [2.75, 3.05) is 29.9 Å². The number of piperidine rings is 1. The van der Waals surface area contributed by atoms with Crippen LogP contribution in [0.2, 0.25) is 0 Å². The summed E-state index contributed by atoms with van der Waals surface area (Å²) in [6, 6.07) is 18.4. The van der Waals surface area contributed by atoms with Crippen LogP contribution in [-0.4, -0.2) is 52.8 Å². The molecule has 10 nitrogen and oxygen atoms in total. The van der Waals surface area contributed by atoms with Crippen LogP contribution in [0.25, 0.3) is 33.2 Å². The van der Waals surface area contributed by atoms with E-state index in [1.807, 2.05) is 89.9 Å². The highest BCUT2D eigenvalue weighted by atomic mass is 16.6. The van der Waals surface area contributed by atoms with Crippen LogP contribution in [0, 0.1) is 23.7 Å². The van der Waals surface area contributed by atoms with Crippen LogP contribution in [0.4, 0.5) is 11.5 Å². The number of hydrogen-bond donors (Lipinski definition) is 0. The lowest BCUT2D eigenvalue weighted by molar-refractivity contribution is -0.171. The van der Waals surface area contributed by atoms with Gasteiger partial charge in [-0.05, 0) is 83.1 Å². The molecule has 6 rings (SSSR count). The summed E-state index contributed by atoms with van der Waals surface area (Å²) in [7, 11) is 1.98. The fraction of sp³-hybridized carbons (Fsp3) is 0.439. The second-order valence-corrected chi connectivity index (χ2v) is 15.6.